The van der Waals surface area contributed by atoms with Crippen LogP contribution in [0.1, 0.15) is 37.0 Å². The highest BCUT2D eigenvalue weighted by molar-refractivity contribution is 5.95. The fraction of sp³-hybridized carbons (Fsp3) is 0.464. The summed E-state index contributed by atoms with van der Waals surface area (Å²) in [5.41, 5.74) is 4.29. The van der Waals surface area contributed by atoms with Gasteiger partial charge in [-0.05, 0) is 88.1 Å². The minimum Gasteiger partial charge on any atom is -0.493 e. The Morgan fingerprint density at radius 2 is 1.91 bits per heavy atom. The lowest BCUT2D eigenvalue weighted by Crippen LogP contribution is -2.23. The van der Waals surface area contributed by atoms with Gasteiger partial charge in [-0.15, -0.1) is 0 Å². The highest BCUT2D eigenvalue weighted by Crippen LogP contribution is 2.38. The van der Waals surface area contributed by atoms with E-state index < -0.39 is 0 Å². The number of likely N-dealkylation sites (tertiary alicyclic amines) is 1. The fourth-order valence-electron chi connectivity index (χ4n) is 4.96. The average molecular weight is 462 g/mol. The van der Waals surface area contributed by atoms with Crippen LogP contribution in [0.15, 0.2) is 40.8 Å². The van der Waals surface area contributed by atoms with E-state index in [4.69, 9.17) is 18.9 Å². The number of furan rings is 1. The Kier molecular flexibility index (Phi) is 6.88. The monoisotopic (exact) mass is 461 g/mol. The SMILES string of the molecule is COc1cc2c(C3=CCN(C)CC3)cc(-c3ccc(C)o3)nc2cc1OCCCN1CCCC1. The van der Waals surface area contributed by atoms with Crippen molar-refractivity contribution in [3.63, 3.8) is 0 Å². The molecule has 3 aromatic rings. The van der Waals surface area contributed by atoms with Gasteiger partial charge in [-0.1, -0.05) is 6.08 Å². The summed E-state index contributed by atoms with van der Waals surface area (Å²) >= 11 is 0. The molecule has 5 rings (SSSR count). The van der Waals surface area contributed by atoms with Gasteiger partial charge in [0.25, 0.3) is 0 Å². The van der Waals surface area contributed by atoms with Gasteiger partial charge in [0.15, 0.2) is 17.3 Å². The van der Waals surface area contributed by atoms with E-state index in [-0.39, 0.29) is 0 Å². The predicted octanol–water partition coefficient (Wildman–Crippen LogP) is 5.40. The van der Waals surface area contributed by atoms with Crippen molar-refractivity contribution < 1.29 is 13.9 Å². The van der Waals surface area contributed by atoms with Gasteiger partial charge in [-0.3, -0.25) is 0 Å². The number of nitrogens with zero attached hydrogens (tertiary/aromatic N) is 3. The summed E-state index contributed by atoms with van der Waals surface area (Å²) < 4.78 is 17.9. The number of pyridine rings is 1. The number of aromatic nitrogens is 1. The van der Waals surface area contributed by atoms with Crippen molar-refractivity contribution in [3.05, 3.63) is 47.7 Å². The summed E-state index contributed by atoms with van der Waals surface area (Å²) in [7, 11) is 3.87. The molecule has 180 valence electrons. The largest absolute Gasteiger partial charge is 0.493 e. The first-order valence-electron chi connectivity index (χ1n) is 12.4. The zero-order valence-corrected chi connectivity index (χ0v) is 20.6. The fourth-order valence-corrected chi connectivity index (χ4v) is 4.96. The van der Waals surface area contributed by atoms with Crippen LogP contribution in [0.3, 0.4) is 0 Å². The maximum atomic E-state index is 6.21. The molecule has 4 heterocycles. The first kappa shape index (κ1) is 22.9. The molecule has 0 unspecified atom stereocenters. The molecule has 34 heavy (non-hydrogen) atoms. The van der Waals surface area contributed by atoms with E-state index in [1.807, 2.05) is 25.1 Å². The minimum absolute atomic E-state index is 0.666. The number of hydrogen-bond acceptors (Lipinski definition) is 6. The maximum absolute atomic E-state index is 6.21. The highest BCUT2D eigenvalue weighted by atomic mass is 16.5. The number of likely N-dealkylation sites (N-methyl/N-ethyl adjacent to an activating group) is 1. The van der Waals surface area contributed by atoms with Gasteiger partial charge in [0.05, 0.1) is 19.2 Å². The van der Waals surface area contributed by atoms with Crippen LogP contribution in [-0.2, 0) is 0 Å². The molecule has 2 aliphatic heterocycles. The van der Waals surface area contributed by atoms with Gasteiger partial charge >= 0.3 is 0 Å². The number of rotatable bonds is 8. The van der Waals surface area contributed by atoms with E-state index in [0.29, 0.717) is 6.61 Å². The second-order valence-corrected chi connectivity index (χ2v) is 9.48. The first-order valence-corrected chi connectivity index (χ1v) is 12.4. The van der Waals surface area contributed by atoms with E-state index in [1.54, 1.807) is 7.11 Å². The van der Waals surface area contributed by atoms with E-state index in [0.717, 1.165) is 72.1 Å². The van der Waals surface area contributed by atoms with Crippen molar-refractivity contribution in [2.24, 2.45) is 0 Å². The van der Waals surface area contributed by atoms with E-state index in [9.17, 15) is 0 Å². The Bertz CT molecular complexity index is 1180. The molecule has 1 aromatic carbocycles. The number of ether oxygens (including phenoxy) is 2. The van der Waals surface area contributed by atoms with Crippen molar-refractivity contribution in [1.29, 1.82) is 0 Å². The van der Waals surface area contributed by atoms with E-state index >= 15 is 0 Å². The van der Waals surface area contributed by atoms with Crippen molar-refractivity contribution in [1.82, 2.24) is 14.8 Å². The van der Waals surface area contributed by atoms with Crippen LogP contribution >= 0.6 is 0 Å². The minimum atomic E-state index is 0.666. The molecular weight excluding hydrogens is 426 g/mol. The number of hydrogen-bond donors (Lipinski definition) is 0. The molecule has 0 spiro atoms. The van der Waals surface area contributed by atoms with Crippen LogP contribution in [-0.4, -0.2) is 68.3 Å². The molecule has 0 N–H and O–H groups in total. The summed E-state index contributed by atoms with van der Waals surface area (Å²) in [6.45, 7) is 8.13. The van der Waals surface area contributed by atoms with Crippen molar-refractivity contribution >= 4 is 16.5 Å². The molecule has 6 nitrogen and oxygen atoms in total. The lowest BCUT2D eigenvalue weighted by molar-refractivity contribution is 0.254. The van der Waals surface area contributed by atoms with Crippen LogP contribution in [0, 0.1) is 6.92 Å². The second-order valence-electron chi connectivity index (χ2n) is 9.48. The third-order valence-corrected chi connectivity index (χ3v) is 6.92. The zero-order chi connectivity index (χ0) is 23.5. The quantitative estimate of drug-likeness (QED) is 0.419. The maximum Gasteiger partial charge on any atom is 0.163 e. The molecule has 0 saturated carbocycles. The second kappa shape index (κ2) is 10.2. The van der Waals surface area contributed by atoms with Crippen LogP contribution in [0.4, 0.5) is 0 Å². The van der Waals surface area contributed by atoms with Gasteiger partial charge in [-0.2, -0.15) is 0 Å². The molecule has 0 aliphatic carbocycles. The lowest BCUT2D eigenvalue weighted by atomic mass is 9.95. The molecule has 2 aromatic heterocycles. The Hall–Kier alpha value is -2.83. The standard InChI is InChI=1S/C28H35N3O3/c1-20-7-8-26(34-20)25-17-22(21-9-14-30(2)15-10-21)23-18-27(32-3)28(19-24(23)29-25)33-16-6-13-31-11-4-5-12-31/h7-9,17-19H,4-6,10-16H2,1-3H3. The Morgan fingerprint density at radius 3 is 2.62 bits per heavy atom. The average Bonchev–Trinajstić information content (AvgIpc) is 3.53. The van der Waals surface area contributed by atoms with Gasteiger partial charge in [0, 0.05) is 31.1 Å². The molecule has 0 bridgehead atoms. The number of benzene rings is 1. The topological polar surface area (TPSA) is 51.0 Å². The molecule has 0 atom stereocenters. The molecule has 2 aliphatic rings. The normalized spacial score (nSPS) is 17.3. The van der Waals surface area contributed by atoms with E-state index in [2.05, 4.69) is 35.1 Å². The predicted molar refractivity (Wildman–Crippen MR) is 137 cm³/mol. The van der Waals surface area contributed by atoms with Gasteiger partial charge in [0.2, 0.25) is 0 Å². The molecular formula is C28H35N3O3. The lowest BCUT2D eigenvalue weighted by Gasteiger charge is -2.23. The smallest absolute Gasteiger partial charge is 0.163 e. The van der Waals surface area contributed by atoms with Gasteiger partial charge < -0.3 is 23.7 Å². The Balaban J connectivity index is 1.49. The van der Waals surface area contributed by atoms with Crippen LogP contribution in [0.5, 0.6) is 11.5 Å². The Labute approximate surface area is 202 Å². The van der Waals surface area contributed by atoms with Crippen molar-refractivity contribution in [2.45, 2.75) is 32.6 Å². The van der Waals surface area contributed by atoms with Crippen molar-refractivity contribution in [3.8, 4) is 23.0 Å². The zero-order valence-electron chi connectivity index (χ0n) is 20.6. The summed E-state index contributed by atoms with van der Waals surface area (Å²) in [6, 6.07) is 10.3. The van der Waals surface area contributed by atoms with Crippen LogP contribution in [0.2, 0.25) is 0 Å². The number of methoxy groups -OCH3 is 1. The van der Waals surface area contributed by atoms with Gasteiger partial charge in [0.1, 0.15) is 11.5 Å². The van der Waals surface area contributed by atoms with Gasteiger partial charge in [-0.25, -0.2) is 4.98 Å². The van der Waals surface area contributed by atoms with Crippen LogP contribution in [0.25, 0.3) is 27.9 Å². The van der Waals surface area contributed by atoms with Crippen LogP contribution < -0.4 is 9.47 Å². The summed E-state index contributed by atoms with van der Waals surface area (Å²) in [6.07, 6.45) is 6.97. The summed E-state index contributed by atoms with van der Waals surface area (Å²) in [4.78, 5) is 9.83. The molecule has 1 fully saturated rings. The van der Waals surface area contributed by atoms with E-state index in [1.165, 1.54) is 37.1 Å². The first-order chi connectivity index (χ1) is 16.6. The molecule has 0 radical (unpaired) electrons. The third kappa shape index (κ3) is 4.98. The number of aryl methyl sites for hydroxylation is 1. The summed E-state index contributed by atoms with van der Waals surface area (Å²) in [5.74, 6) is 3.18. The van der Waals surface area contributed by atoms with Crippen molar-refractivity contribution in [2.75, 3.05) is 53.5 Å². The highest BCUT2D eigenvalue weighted by Gasteiger charge is 2.19. The third-order valence-electron chi connectivity index (χ3n) is 6.92. The summed E-state index contributed by atoms with van der Waals surface area (Å²) in [5, 5.41) is 1.09. The molecule has 6 heteroatoms. The molecule has 0 amide bonds. The Morgan fingerprint density at radius 1 is 1.06 bits per heavy atom. The number of fused-ring (bicyclic) bond motifs is 1. The molecule has 1 saturated heterocycles.